The van der Waals surface area contributed by atoms with Gasteiger partial charge in [-0.05, 0) is 80.6 Å². The third-order valence-electron chi connectivity index (χ3n) is 9.62. The van der Waals surface area contributed by atoms with E-state index in [2.05, 4.69) is 53.5 Å². The summed E-state index contributed by atoms with van der Waals surface area (Å²) in [5.74, 6) is -0.139. The highest BCUT2D eigenvalue weighted by Gasteiger charge is 2.36. The highest BCUT2D eigenvalue weighted by molar-refractivity contribution is 9.11. The molecule has 2 aromatic rings. The molecule has 10 nitrogen and oxygen atoms in total. The van der Waals surface area contributed by atoms with Crippen LogP contribution in [0.2, 0.25) is 0 Å². The first kappa shape index (κ1) is 32.3. The van der Waals surface area contributed by atoms with Gasteiger partial charge < -0.3 is 30.1 Å². The van der Waals surface area contributed by atoms with Crippen LogP contribution < -0.4 is 10.6 Å². The van der Waals surface area contributed by atoms with E-state index in [9.17, 15) is 14.4 Å². The number of rotatable bonds is 6. The van der Waals surface area contributed by atoms with E-state index >= 15 is 0 Å². The predicted octanol–water partition coefficient (Wildman–Crippen LogP) is 4.96. The Kier molecular flexibility index (Phi) is 10.6. The largest absolute Gasteiger partial charge is 0.436 e. The van der Waals surface area contributed by atoms with E-state index in [-0.39, 0.29) is 19.4 Å². The van der Waals surface area contributed by atoms with Crippen LogP contribution in [0, 0.1) is 0 Å². The molecule has 0 saturated carbocycles. The fourth-order valence-corrected chi connectivity index (χ4v) is 8.49. The summed E-state index contributed by atoms with van der Waals surface area (Å²) in [5, 5.41) is 6.48. The Hall–Kier alpha value is -2.67. The van der Waals surface area contributed by atoms with Crippen molar-refractivity contribution in [2.75, 3.05) is 64.2 Å². The first-order valence-corrected chi connectivity index (χ1v) is 17.7. The minimum absolute atomic E-state index is 0. The van der Waals surface area contributed by atoms with Crippen LogP contribution in [0.4, 0.5) is 15.3 Å². The van der Waals surface area contributed by atoms with Crippen molar-refractivity contribution >= 4 is 55.6 Å². The first-order chi connectivity index (χ1) is 21.8. The summed E-state index contributed by atoms with van der Waals surface area (Å²) < 4.78 is 7.83. The van der Waals surface area contributed by atoms with E-state index in [4.69, 9.17) is 4.74 Å². The van der Waals surface area contributed by atoms with Gasteiger partial charge in [-0.15, -0.1) is 0 Å². The van der Waals surface area contributed by atoms with Crippen molar-refractivity contribution in [3.63, 3.8) is 0 Å². The second kappa shape index (κ2) is 14.8. The molecule has 244 valence electrons. The van der Waals surface area contributed by atoms with Gasteiger partial charge in [0.2, 0.25) is 0 Å². The van der Waals surface area contributed by atoms with E-state index in [0.717, 1.165) is 71.2 Å². The summed E-state index contributed by atoms with van der Waals surface area (Å²) in [6.45, 7) is 6.60. The Morgan fingerprint density at radius 2 is 1.56 bits per heavy atom. The predicted molar refractivity (Wildman–Crippen MR) is 182 cm³/mol. The fraction of sp³-hybridized carbons (Fsp3) is 0.545. The van der Waals surface area contributed by atoms with Gasteiger partial charge in [-0.2, -0.15) is 0 Å². The lowest BCUT2D eigenvalue weighted by Gasteiger charge is -2.41. The van der Waals surface area contributed by atoms with Crippen LogP contribution in [0.3, 0.4) is 0 Å². The van der Waals surface area contributed by atoms with Crippen LogP contribution in [-0.4, -0.2) is 115 Å². The monoisotopic (exact) mass is 746 g/mol. The zero-order valence-electron chi connectivity index (χ0n) is 25.6. The molecule has 0 spiro atoms. The summed E-state index contributed by atoms with van der Waals surface area (Å²) >= 11 is 7.09. The second-order valence-electron chi connectivity index (χ2n) is 12.4. The molecule has 4 amide bonds. The van der Waals surface area contributed by atoms with Gasteiger partial charge in [0.1, 0.15) is 0 Å². The number of likely N-dealkylation sites (tertiary alicyclic amines) is 1. The number of amides is 4. The summed E-state index contributed by atoms with van der Waals surface area (Å²) in [6, 6.07) is 14.3. The normalized spacial score (nSPS) is 21.1. The summed E-state index contributed by atoms with van der Waals surface area (Å²) in [6.07, 6.45) is 3.29. The molecule has 3 saturated heterocycles. The number of nitrogens with zero attached hydrogens (tertiary/aromatic N) is 4. The molecule has 6 rings (SSSR count). The van der Waals surface area contributed by atoms with E-state index in [1.165, 1.54) is 0 Å². The van der Waals surface area contributed by atoms with Crippen LogP contribution in [-0.2, 0) is 22.4 Å². The molecular formula is C33H44Br2N6O4. The Bertz CT molecular complexity index is 1360. The maximum absolute atomic E-state index is 13.9. The van der Waals surface area contributed by atoms with E-state index in [1.807, 2.05) is 46.2 Å². The number of piperidine rings is 2. The van der Waals surface area contributed by atoms with Crippen molar-refractivity contribution in [3.8, 4) is 0 Å². The molecule has 12 heteroatoms. The van der Waals surface area contributed by atoms with Crippen molar-refractivity contribution in [2.24, 2.45) is 0 Å². The van der Waals surface area contributed by atoms with Crippen molar-refractivity contribution in [3.05, 3.63) is 62.5 Å². The van der Waals surface area contributed by atoms with Crippen molar-refractivity contribution in [2.45, 2.75) is 56.7 Å². The average Bonchev–Trinajstić information content (AvgIpc) is 3.22. The topological polar surface area (TPSA) is 97.5 Å². The van der Waals surface area contributed by atoms with Gasteiger partial charge in [-0.3, -0.25) is 9.69 Å². The number of para-hydroxylation sites is 1. The smallest absolute Gasteiger partial charge is 0.410 e. The Morgan fingerprint density at radius 1 is 0.867 bits per heavy atom. The van der Waals surface area contributed by atoms with Crippen molar-refractivity contribution in [1.29, 1.82) is 0 Å². The van der Waals surface area contributed by atoms with Gasteiger partial charge in [0.05, 0.1) is 0 Å². The maximum Gasteiger partial charge on any atom is 0.410 e. The van der Waals surface area contributed by atoms with Crippen molar-refractivity contribution < 1.29 is 20.5 Å². The highest BCUT2D eigenvalue weighted by Crippen LogP contribution is 2.26. The SMILES string of the molecule is O=C(O[C@H](Cc1cc(Br)cc(Br)c1)C(=O)N1CCN(C2CCNCC2)CC1)N1CCC(N2CCc3ccccc3NC2=O)CC1.[HH]. The quantitative estimate of drug-likeness (QED) is 0.434. The maximum atomic E-state index is 13.9. The van der Waals surface area contributed by atoms with Crippen molar-refractivity contribution in [1.82, 2.24) is 24.9 Å². The lowest BCUT2D eigenvalue weighted by atomic mass is 10.0. The Balaban J connectivity index is 0.00000417. The number of carbonyl (C=O) groups excluding carboxylic acids is 3. The van der Waals surface area contributed by atoms with Gasteiger partial charge in [0.15, 0.2) is 6.10 Å². The number of nitrogens with one attached hydrogen (secondary N) is 2. The highest BCUT2D eigenvalue weighted by atomic mass is 79.9. The molecule has 4 heterocycles. The Labute approximate surface area is 283 Å². The van der Waals surface area contributed by atoms with Crippen LogP contribution >= 0.6 is 31.9 Å². The standard InChI is InChI=1S/C33H42Br2N6O4.H2/c34-25-19-23(20-26(35)22-25)21-30(31(42)39-17-15-38(16-18-39)27-5-10-36-11-6-27)45-33(44)40-12-8-28(9-13-40)41-14-7-24-3-1-2-4-29(24)37-32(41)43;/h1-4,19-20,22,27-28,30,36H,5-18,21H2,(H,37,43);1H/t30-;/m1./s1. The molecule has 0 radical (unpaired) electrons. The fourth-order valence-electron chi connectivity index (χ4n) is 7.10. The van der Waals surface area contributed by atoms with E-state index in [0.29, 0.717) is 58.0 Å². The molecule has 4 aliphatic rings. The summed E-state index contributed by atoms with van der Waals surface area (Å²) in [5.41, 5.74) is 2.91. The molecule has 0 aliphatic carbocycles. The summed E-state index contributed by atoms with van der Waals surface area (Å²) in [7, 11) is 0. The lowest BCUT2D eigenvalue weighted by Crippen LogP contribution is -2.56. The molecule has 2 aromatic carbocycles. The molecule has 1 atom stereocenters. The molecule has 0 bridgehead atoms. The molecule has 2 N–H and O–H groups in total. The second-order valence-corrected chi connectivity index (χ2v) is 14.3. The number of urea groups is 1. The third kappa shape index (κ3) is 8.01. The number of ether oxygens (including phenoxy) is 1. The molecule has 0 unspecified atom stereocenters. The van der Waals surface area contributed by atoms with Gasteiger partial charge in [0, 0.05) is 80.4 Å². The van der Waals surface area contributed by atoms with Crippen LogP contribution in [0.1, 0.15) is 38.2 Å². The number of carbonyl (C=O) groups is 3. The number of hydrogen-bond donors (Lipinski definition) is 2. The van der Waals surface area contributed by atoms with Gasteiger partial charge in [-0.1, -0.05) is 50.1 Å². The van der Waals surface area contributed by atoms with Gasteiger partial charge in [-0.25, -0.2) is 9.59 Å². The average molecular weight is 749 g/mol. The van der Waals surface area contributed by atoms with Gasteiger partial charge in [0.25, 0.3) is 5.91 Å². The number of hydrogen-bond acceptors (Lipinski definition) is 6. The lowest BCUT2D eigenvalue weighted by molar-refractivity contribution is -0.143. The van der Waals surface area contributed by atoms with E-state index in [1.54, 1.807) is 4.90 Å². The van der Waals surface area contributed by atoms with Crippen LogP contribution in [0.25, 0.3) is 0 Å². The molecule has 45 heavy (non-hydrogen) atoms. The third-order valence-corrected chi connectivity index (χ3v) is 10.5. The molecular weight excluding hydrogens is 704 g/mol. The molecule has 3 fully saturated rings. The number of piperazine rings is 1. The minimum Gasteiger partial charge on any atom is -0.436 e. The first-order valence-electron chi connectivity index (χ1n) is 16.1. The molecule has 4 aliphatic heterocycles. The van der Waals surface area contributed by atoms with E-state index < -0.39 is 12.2 Å². The number of fused-ring (bicyclic) bond motifs is 1. The number of halogens is 2. The summed E-state index contributed by atoms with van der Waals surface area (Å²) in [4.78, 5) is 48.5. The molecule has 0 aromatic heterocycles. The van der Waals surface area contributed by atoms with Crippen LogP contribution in [0.15, 0.2) is 51.4 Å². The zero-order chi connectivity index (χ0) is 31.3. The number of anilines is 1. The Morgan fingerprint density at radius 3 is 2.27 bits per heavy atom. The zero-order valence-corrected chi connectivity index (χ0v) is 28.7. The van der Waals surface area contributed by atoms with Crippen LogP contribution in [0.5, 0.6) is 0 Å². The van der Waals surface area contributed by atoms with Gasteiger partial charge >= 0.3 is 12.1 Å². The minimum atomic E-state index is -0.920. The number of benzene rings is 2.